The summed E-state index contributed by atoms with van der Waals surface area (Å²) in [5.41, 5.74) is 3.17. The minimum atomic E-state index is 0.0368. The largest absolute Gasteiger partial charge is 0.338 e. The molecule has 29 heavy (non-hydrogen) atoms. The molecule has 1 amide bonds. The van der Waals surface area contributed by atoms with Crippen LogP contribution in [0.1, 0.15) is 10.6 Å². The van der Waals surface area contributed by atoms with Crippen LogP contribution < -0.4 is 0 Å². The summed E-state index contributed by atoms with van der Waals surface area (Å²) in [6, 6.07) is 16.1. The predicted octanol–water partition coefficient (Wildman–Crippen LogP) is 4.15. The topological polar surface area (TPSA) is 63.9 Å². The van der Waals surface area contributed by atoms with Crippen molar-refractivity contribution in [1.82, 2.24) is 24.6 Å². The Balaban J connectivity index is 1.40. The highest BCUT2D eigenvalue weighted by Gasteiger charge is 2.17. The zero-order chi connectivity index (χ0) is 20.4. The average Bonchev–Trinajstić information content (AvgIpc) is 3.29. The molecule has 8 heteroatoms. The fraction of sp³-hybridized carbons (Fsp3) is 0.238. The molecule has 0 fully saturated rings. The molecule has 0 spiro atoms. The smallest absolute Gasteiger partial charge is 0.233 e. The molecule has 4 rings (SSSR count). The molecular weight excluding hydrogens is 402 g/mol. The Morgan fingerprint density at radius 2 is 1.90 bits per heavy atom. The van der Waals surface area contributed by atoms with Gasteiger partial charge in [0.05, 0.1) is 22.5 Å². The van der Waals surface area contributed by atoms with Gasteiger partial charge in [0, 0.05) is 19.7 Å². The monoisotopic (exact) mass is 423 g/mol. The zero-order valence-corrected chi connectivity index (χ0v) is 18.1. The van der Waals surface area contributed by atoms with Crippen molar-refractivity contribution in [2.75, 3.05) is 12.8 Å². The Kier molecular flexibility index (Phi) is 5.64. The van der Waals surface area contributed by atoms with Crippen molar-refractivity contribution in [3.8, 4) is 11.4 Å². The summed E-state index contributed by atoms with van der Waals surface area (Å²) in [5, 5.41) is 10.3. The molecule has 148 valence electrons. The first kappa shape index (κ1) is 19.6. The van der Waals surface area contributed by atoms with Gasteiger partial charge in [0.2, 0.25) is 5.91 Å². The van der Waals surface area contributed by atoms with Crippen LogP contribution in [0.4, 0.5) is 0 Å². The van der Waals surface area contributed by atoms with Crippen molar-refractivity contribution in [3.05, 3.63) is 59.1 Å². The van der Waals surface area contributed by atoms with E-state index >= 15 is 0 Å². The van der Waals surface area contributed by atoms with E-state index in [1.807, 2.05) is 61.1 Å². The molecule has 0 N–H and O–H groups in total. The van der Waals surface area contributed by atoms with Crippen molar-refractivity contribution in [1.29, 1.82) is 0 Å². The third-order valence-electron chi connectivity index (χ3n) is 4.68. The molecule has 0 saturated carbocycles. The zero-order valence-electron chi connectivity index (χ0n) is 16.5. The second-order valence-corrected chi connectivity index (χ2v) is 8.85. The van der Waals surface area contributed by atoms with E-state index in [2.05, 4.69) is 28.2 Å². The van der Waals surface area contributed by atoms with Gasteiger partial charge in [-0.3, -0.25) is 4.79 Å². The van der Waals surface area contributed by atoms with Crippen molar-refractivity contribution < 1.29 is 4.79 Å². The number of aromatic nitrogens is 4. The van der Waals surface area contributed by atoms with Gasteiger partial charge in [-0.05, 0) is 24.6 Å². The van der Waals surface area contributed by atoms with Crippen molar-refractivity contribution in [3.63, 3.8) is 0 Å². The Morgan fingerprint density at radius 1 is 1.14 bits per heavy atom. The fourth-order valence-corrected chi connectivity index (χ4v) is 4.89. The highest BCUT2D eigenvalue weighted by atomic mass is 32.2. The van der Waals surface area contributed by atoms with Crippen LogP contribution in [-0.4, -0.2) is 43.4 Å². The van der Waals surface area contributed by atoms with Crippen LogP contribution >= 0.6 is 23.1 Å². The molecule has 2 aromatic carbocycles. The highest BCUT2D eigenvalue weighted by molar-refractivity contribution is 7.99. The van der Waals surface area contributed by atoms with Gasteiger partial charge in [0.1, 0.15) is 5.01 Å². The summed E-state index contributed by atoms with van der Waals surface area (Å²) in [6.45, 7) is 2.56. The molecule has 0 unspecified atom stereocenters. The summed E-state index contributed by atoms with van der Waals surface area (Å²) in [4.78, 5) is 18.9. The number of nitrogens with zero attached hydrogens (tertiary/aromatic N) is 5. The first-order valence-corrected chi connectivity index (χ1v) is 11.0. The molecule has 6 nitrogen and oxygen atoms in total. The van der Waals surface area contributed by atoms with Gasteiger partial charge in [-0.1, -0.05) is 48.2 Å². The lowest BCUT2D eigenvalue weighted by atomic mass is 10.1. The number of thiazole rings is 1. The summed E-state index contributed by atoms with van der Waals surface area (Å²) in [6.07, 6.45) is 0. The van der Waals surface area contributed by atoms with Gasteiger partial charge in [-0.15, -0.1) is 21.5 Å². The van der Waals surface area contributed by atoms with Gasteiger partial charge in [0.15, 0.2) is 11.0 Å². The second-order valence-electron chi connectivity index (χ2n) is 6.79. The third-order valence-corrected chi connectivity index (χ3v) is 6.71. The maximum Gasteiger partial charge on any atom is 0.233 e. The lowest BCUT2D eigenvalue weighted by Gasteiger charge is -2.15. The van der Waals surface area contributed by atoms with Crippen LogP contribution in [-0.2, 0) is 18.4 Å². The summed E-state index contributed by atoms with van der Waals surface area (Å²) >= 11 is 3.03. The van der Waals surface area contributed by atoms with Crippen LogP contribution in [0.15, 0.2) is 53.7 Å². The van der Waals surface area contributed by atoms with Crippen LogP contribution in [0, 0.1) is 6.92 Å². The summed E-state index contributed by atoms with van der Waals surface area (Å²) in [7, 11) is 3.74. The third kappa shape index (κ3) is 4.18. The fourth-order valence-electron chi connectivity index (χ4n) is 3.01. The Hall–Kier alpha value is -2.71. The highest BCUT2D eigenvalue weighted by Crippen LogP contribution is 2.26. The molecule has 0 aliphatic heterocycles. The number of thioether (sulfide) groups is 1. The average molecular weight is 424 g/mol. The van der Waals surface area contributed by atoms with E-state index in [9.17, 15) is 4.79 Å². The molecule has 2 heterocycles. The summed E-state index contributed by atoms with van der Waals surface area (Å²) < 4.78 is 3.08. The number of benzene rings is 2. The quantitative estimate of drug-likeness (QED) is 0.436. The number of hydrogen-bond acceptors (Lipinski definition) is 6. The maximum absolute atomic E-state index is 12.6. The number of amides is 1. The number of para-hydroxylation sites is 1. The van der Waals surface area contributed by atoms with Crippen LogP contribution in [0.3, 0.4) is 0 Å². The van der Waals surface area contributed by atoms with E-state index in [1.165, 1.54) is 11.8 Å². The maximum atomic E-state index is 12.6. The number of rotatable bonds is 6. The molecule has 0 saturated heterocycles. The molecule has 2 aromatic heterocycles. The molecule has 0 radical (unpaired) electrons. The van der Waals surface area contributed by atoms with Crippen molar-refractivity contribution in [2.24, 2.45) is 7.05 Å². The lowest BCUT2D eigenvalue weighted by molar-refractivity contribution is -0.127. The van der Waals surface area contributed by atoms with Crippen LogP contribution in [0.5, 0.6) is 0 Å². The standard InChI is InChI=1S/C21H21N5OS2/c1-14-8-4-5-9-15(14)20-23-24-21(26(20)3)28-13-19(27)25(2)12-18-22-16-10-6-7-11-17(16)29-18/h4-11H,12-13H2,1-3H3. The van der Waals surface area contributed by atoms with Gasteiger partial charge in [0.25, 0.3) is 0 Å². The number of carbonyl (C=O) groups excluding carboxylic acids is 1. The SMILES string of the molecule is Cc1ccccc1-c1nnc(SCC(=O)N(C)Cc2nc3ccccc3s2)n1C. The van der Waals surface area contributed by atoms with E-state index in [4.69, 9.17) is 0 Å². The minimum Gasteiger partial charge on any atom is -0.338 e. The normalized spacial score (nSPS) is 11.1. The van der Waals surface area contributed by atoms with E-state index in [1.54, 1.807) is 16.2 Å². The predicted molar refractivity (Wildman–Crippen MR) is 118 cm³/mol. The molecule has 0 aliphatic carbocycles. The minimum absolute atomic E-state index is 0.0368. The van der Waals surface area contributed by atoms with Gasteiger partial charge >= 0.3 is 0 Å². The van der Waals surface area contributed by atoms with E-state index in [0.29, 0.717) is 12.3 Å². The number of aryl methyl sites for hydroxylation is 1. The van der Waals surface area contributed by atoms with Gasteiger partial charge < -0.3 is 9.47 Å². The van der Waals surface area contributed by atoms with E-state index in [0.717, 1.165) is 37.3 Å². The first-order valence-electron chi connectivity index (χ1n) is 9.19. The number of fused-ring (bicyclic) bond motifs is 1. The van der Waals surface area contributed by atoms with Gasteiger partial charge in [-0.25, -0.2) is 4.98 Å². The second kappa shape index (κ2) is 8.34. The first-order chi connectivity index (χ1) is 14.0. The van der Waals surface area contributed by atoms with Crippen molar-refractivity contribution in [2.45, 2.75) is 18.6 Å². The van der Waals surface area contributed by atoms with Crippen LogP contribution in [0.2, 0.25) is 0 Å². The Morgan fingerprint density at radius 3 is 2.69 bits per heavy atom. The molecule has 0 aliphatic rings. The lowest BCUT2D eigenvalue weighted by Crippen LogP contribution is -2.27. The van der Waals surface area contributed by atoms with Crippen LogP contribution in [0.25, 0.3) is 21.6 Å². The van der Waals surface area contributed by atoms with Gasteiger partial charge in [-0.2, -0.15) is 0 Å². The Bertz CT molecular complexity index is 1130. The van der Waals surface area contributed by atoms with E-state index in [-0.39, 0.29) is 5.91 Å². The number of hydrogen-bond donors (Lipinski definition) is 0. The molecule has 4 aromatic rings. The molecule has 0 bridgehead atoms. The molecular formula is C21H21N5OS2. The molecule has 0 atom stereocenters. The Labute approximate surface area is 177 Å². The van der Waals surface area contributed by atoms with Crippen molar-refractivity contribution >= 4 is 39.2 Å². The number of carbonyl (C=O) groups is 1. The summed E-state index contributed by atoms with van der Waals surface area (Å²) in [5.74, 6) is 1.15. The van der Waals surface area contributed by atoms with E-state index < -0.39 is 0 Å².